The SMILES string of the molecule is COc1ccc(Nc2cc(C)nc(NCCNS(=O)(=O)c3cccc(Cl)c3)n2)cc1. The Labute approximate surface area is 180 Å². The maximum atomic E-state index is 12.3. The monoisotopic (exact) mass is 447 g/mol. The molecule has 0 saturated heterocycles. The molecule has 0 amide bonds. The number of nitrogens with one attached hydrogen (secondary N) is 3. The van der Waals surface area contributed by atoms with E-state index in [1.54, 1.807) is 19.2 Å². The van der Waals surface area contributed by atoms with Gasteiger partial charge < -0.3 is 15.4 Å². The minimum absolute atomic E-state index is 0.118. The number of aryl methyl sites for hydroxylation is 1. The Bertz CT molecular complexity index is 1110. The van der Waals surface area contributed by atoms with E-state index in [0.717, 1.165) is 17.1 Å². The van der Waals surface area contributed by atoms with Gasteiger partial charge in [-0.05, 0) is 49.4 Å². The number of sulfonamides is 1. The van der Waals surface area contributed by atoms with Crippen molar-refractivity contribution in [2.75, 3.05) is 30.8 Å². The molecule has 0 spiro atoms. The molecule has 0 bridgehead atoms. The third kappa shape index (κ3) is 6.06. The lowest BCUT2D eigenvalue weighted by Gasteiger charge is -2.11. The van der Waals surface area contributed by atoms with Crippen LogP contribution in [-0.4, -0.2) is 38.6 Å². The molecule has 0 atom stereocenters. The number of nitrogens with zero attached hydrogens (tertiary/aromatic N) is 2. The summed E-state index contributed by atoms with van der Waals surface area (Å²) in [5.74, 6) is 1.78. The average molecular weight is 448 g/mol. The number of halogens is 1. The first-order valence-corrected chi connectivity index (χ1v) is 11.0. The highest BCUT2D eigenvalue weighted by molar-refractivity contribution is 7.89. The summed E-state index contributed by atoms with van der Waals surface area (Å²) < 4.78 is 32.3. The molecule has 0 radical (unpaired) electrons. The summed E-state index contributed by atoms with van der Waals surface area (Å²) in [6, 6.07) is 15.4. The molecule has 0 saturated carbocycles. The molecule has 0 fully saturated rings. The van der Waals surface area contributed by atoms with Gasteiger partial charge in [-0.2, -0.15) is 4.98 Å². The molecule has 158 valence electrons. The number of hydrogen-bond acceptors (Lipinski definition) is 7. The van der Waals surface area contributed by atoms with Crippen molar-refractivity contribution < 1.29 is 13.2 Å². The van der Waals surface area contributed by atoms with E-state index in [9.17, 15) is 8.42 Å². The zero-order valence-electron chi connectivity index (χ0n) is 16.5. The Kier molecular flexibility index (Phi) is 7.09. The standard InChI is InChI=1S/C20H22ClN5O3S/c1-14-12-19(25-16-6-8-17(29-2)9-7-16)26-20(24-14)22-10-11-23-30(27,28)18-5-3-4-15(21)13-18/h3-9,12-13,23H,10-11H2,1-2H3,(H2,22,24,25,26). The van der Waals surface area contributed by atoms with Crippen LogP contribution in [0.1, 0.15) is 5.69 Å². The summed E-state index contributed by atoms with van der Waals surface area (Å²) in [6.45, 7) is 2.33. The minimum Gasteiger partial charge on any atom is -0.497 e. The molecule has 3 aromatic rings. The Morgan fingerprint density at radius 3 is 2.50 bits per heavy atom. The normalized spacial score (nSPS) is 11.2. The quantitative estimate of drug-likeness (QED) is 0.430. The molecule has 3 N–H and O–H groups in total. The maximum absolute atomic E-state index is 12.3. The molecule has 8 nitrogen and oxygen atoms in total. The lowest BCUT2D eigenvalue weighted by atomic mass is 10.3. The summed E-state index contributed by atoms with van der Waals surface area (Å²) in [5, 5.41) is 6.60. The highest BCUT2D eigenvalue weighted by Crippen LogP contribution is 2.20. The van der Waals surface area contributed by atoms with Crippen LogP contribution in [0.25, 0.3) is 0 Å². The molecule has 0 aliphatic heterocycles. The van der Waals surface area contributed by atoms with E-state index >= 15 is 0 Å². The van der Waals surface area contributed by atoms with Crippen LogP contribution in [0.4, 0.5) is 17.5 Å². The zero-order valence-corrected chi connectivity index (χ0v) is 18.1. The third-order valence-corrected chi connectivity index (χ3v) is 5.72. The van der Waals surface area contributed by atoms with Crippen molar-refractivity contribution in [1.29, 1.82) is 0 Å². The van der Waals surface area contributed by atoms with Crippen LogP contribution in [0.15, 0.2) is 59.5 Å². The van der Waals surface area contributed by atoms with Gasteiger partial charge in [0.05, 0.1) is 12.0 Å². The highest BCUT2D eigenvalue weighted by atomic mass is 35.5. The van der Waals surface area contributed by atoms with Gasteiger partial charge in [0.15, 0.2) is 0 Å². The molecular formula is C20H22ClN5O3S. The summed E-state index contributed by atoms with van der Waals surface area (Å²) >= 11 is 5.86. The number of methoxy groups -OCH3 is 1. The molecule has 0 aliphatic rings. The Hall–Kier alpha value is -2.88. The molecule has 1 heterocycles. The molecular weight excluding hydrogens is 426 g/mol. The molecule has 0 aliphatic carbocycles. The van der Waals surface area contributed by atoms with Crippen molar-refractivity contribution in [3.63, 3.8) is 0 Å². The fraction of sp³-hybridized carbons (Fsp3) is 0.200. The number of aromatic nitrogens is 2. The van der Waals surface area contributed by atoms with E-state index in [2.05, 4.69) is 25.3 Å². The lowest BCUT2D eigenvalue weighted by Crippen LogP contribution is -2.29. The average Bonchev–Trinajstić information content (AvgIpc) is 2.71. The zero-order chi connectivity index (χ0) is 21.6. The number of hydrogen-bond donors (Lipinski definition) is 3. The second-order valence-electron chi connectivity index (χ2n) is 6.35. The van der Waals surface area contributed by atoms with Crippen LogP contribution < -0.4 is 20.1 Å². The van der Waals surface area contributed by atoms with Gasteiger partial charge in [0.25, 0.3) is 0 Å². The minimum atomic E-state index is -3.64. The Morgan fingerprint density at radius 2 is 1.80 bits per heavy atom. The molecule has 3 rings (SSSR count). The topological polar surface area (TPSA) is 105 Å². The predicted molar refractivity (Wildman–Crippen MR) is 118 cm³/mol. The Balaban J connectivity index is 1.57. The first kappa shape index (κ1) is 21.8. The van der Waals surface area contributed by atoms with E-state index in [0.29, 0.717) is 23.3 Å². The predicted octanol–water partition coefficient (Wildman–Crippen LogP) is 3.58. The largest absolute Gasteiger partial charge is 0.497 e. The van der Waals surface area contributed by atoms with Gasteiger partial charge in [-0.25, -0.2) is 18.1 Å². The fourth-order valence-electron chi connectivity index (χ4n) is 2.61. The van der Waals surface area contributed by atoms with Crippen molar-refractivity contribution in [3.8, 4) is 5.75 Å². The van der Waals surface area contributed by atoms with Crippen molar-refractivity contribution in [2.24, 2.45) is 0 Å². The Morgan fingerprint density at radius 1 is 1.03 bits per heavy atom. The van der Waals surface area contributed by atoms with Gasteiger partial charge in [-0.15, -0.1) is 0 Å². The van der Waals surface area contributed by atoms with E-state index in [1.165, 1.54) is 12.1 Å². The van der Waals surface area contributed by atoms with Gasteiger partial charge in [0.1, 0.15) is 11.6 Å². The van der Waals surface area contributed by atoms with Gasteiger partial charge >= 0.3 is 0 Å². The van der Waals surface area contributed by atoms with E-state index in [4.69, 9.17) is 16.3 Å². The molecule has 10 heteroatoms. The number of anilines is 3. The molecule has 2 aromatic carbocycles. The van der Waals surface area contributed by atoms with Gasteiger partial charge in [-0.3, -0.25) is 0 Å². The first-order chi connectivity index (χ1) is 14.4. The summed E-state index contributed by atoms with van der Waals surface area (Å²) in [6.07, 6.45) is 0. The second kappa shape index (κ2) is 9.75. The number of rotatable bonds is 9. The smallest absolute Gasteiger partial charge is 0.240 e. The van der Waals surface area contributed by atoms with Gasteiger partial charge in [0, 0.05) is 35.6 Å². The van der Waals surface area contributed by atoms with Gasteiger partial charge in [0.2, 0.25) is 16.0 Å². The molecule has 30 heavy (non-hydrogen) atoms. The van der Waals surface area contributed by atoms with Crippen LogP contribution >= 0.6 is 11.6 Å². The van der Waals surface area contributed by atoms with Crippen LogP contribution in [-0.2, 0) is 10.0 Å². The van der Waals surface area contributed by atoms with Crippen LogP contribution in [0.5, 0.6) is 5.75 Å². The van der Waals surface area contributed by atoms with E-state index < -0.39 is 10.0 Å². The second-order valence-corrected chi connectivity index (χ2v) is 8.56. The highest BCUT2D eigenvalue weighted by Gasteiger charge is 2.13. The van der Waals surface area contributed by atoms with Gasteiger partial charge in [-0.1, -0.05) is 17.7 Å². The van der Waals surface area contributed by atoms with Crippen molar-refractivity contribution >= 4 is 39.1 Å². The number of benzene rings is 2. The van der Waals surface area contributed by atoms with Crippen LogP contribution in [0.3, 0.4) is 0 Å². The maximum Gasteiger partial charge on any atom is 0.240 e. The van der Waals surface area contributed by atoms with Crippen LogP contribution in [0.2, 0.25) is 5.02 Å². The molecule has 0 unspecified atom stereocenters. The molecule has 1 aromatic heterocycles. The van der Waals surface area contributed by atoms with Crippen molar-refractivity contribution in [1.82, 2.24) is 14.7 Å². The summed E-state index contributed by atoms with van der Waals surface area (Å²) in [7, 11) is -2.02. The third-order valence-electron chi connectivity index (χ3n) is 4.02. The van der Waals surface area contributed by atoms with E-state index in [-0.39, 0.29) is 11.4 Å². The van der Waals surface area contributed by atoms with Crippen molar-refractivity contribution in [2.45, 2.75) is 11.8 Å². The van der Waals surface area contributed by atoms with E-state index in [1.807, 2.05) is 37.3 Å². The fourth-order valence-corrected chi connectivity index (χ4v) is 3.94. The van der Waals surface area contributed by atoms with Crippen LogP contribution in [0, 0.1) is 6.92 Å². The number of ether oxygens (including phenoxy) is 1. The van der Waals surface area contributed by atoms with Crippen molar-refractivity contribution in [3.05, 3.63) is 65.3 Å². The summed E-state index contributed by atoms with van der Waals surface area (Å²) in [5.41, 5.74) is 1.62. The first-order valence-electron chi connectivity index (χ1n) is 9.11. The summed E-state index contributed by atoms with van der Waals surface area (Å²) in [4.78, 5) is 8.86. The lowest BCUT2D eigenvalue weighted by molar-refractivity contribution is 0.415.